The number of nitrogens with one attached hydrogen (secondary N) is 1. The molecule has 0 radical (unpaired) electrons. The Bertz CT molecular complexity index is 629. The lowest BCUT2D eigenvalue weighted by atomic mass is 10.0. The highest BCUT2D eigenvalue weighted by Gasteiger charge is 2.30. The smallest absolute Gasteiger partial charge is 0.255 e. The number of hydrogen-bond acceptors (Lipinski definition) is 2. The molecule has 132 valence electrons. The van der Waals surface area contributed by atoms with Crippen LogP contribution in [-0.4, -0.2) is 35.8 Å². The van der Waals surface area contributed by atoms with E-state index in [2.05, 4.69) is 5.32 Å². The van der Waals surface area contributed by atoms with E-state index >= 15 is 0 Å². The fraction of sp³-hybridized carbons (Fsp3) is 0.529. The van der Waals surface area contributed by atoms with Crippen molar-refractivity contribution in [1.29, 1.82) is 0 Å². The Kier molecular flexibility index (Phi) is 5.85. The Morgan fingerprint density at radius 1 is 1.04 bits per heavy atom. The van der Waals surface area contributed by atoms with Gasteiger partial charge < -0.3 is 10.2 Å². The van der Waals surface area contributed by atoms with E-state index in [0.717, 1.165) is 25.3 Å². The fourth-order valence-electron chi connectivity index (χ4n) is 2.74. The number of nitrogens with zero attached hydrogens (tertiary/aromatic N) is 1. The van der Waals surface area contributed by atoms with Gasteiger partial charge in [0.05, 0.1) is 5.56 Å². The Morgan fingerprint density at radius 2 is 1.67 bits per heavy atom. The van der Waals surface area contributed by atoms with Gasteiger partial charge in [0.2, 0.25) is 5.91 Å². The lowest BCUT2D eigenvalue weighted by molar-refractivity contribution is -0.135. The largest absolute Gasteiger partial charge is 0.341 e. The van der Waals surface area contributed by atoms with Crippen molar-refractivity contribution in [3.63, 3.8) is 0 Å². The standard InChI is InChI=1S/C17H21F3N2O2/c1-10(2)15(17(24)22-8-4-3-5-9-22)21-16(23)11-6-7-12(18)14(20)13(11)19/h6-7,10,15H,3-5,8-9H2,1-2H3,(H,21,23)/t15-/m0/s1. The van der Waals surface area contributed by atoms with Crippen LogP contribution in [-0.2, 0) is 4.79 Å². The van der Waals surface area contributed by atoms with Crippen LogP contribution in [0, 0.1) is 23.4 Å². The summed E-state index contributed by atoms with van der Waals surface area (Å²) in [5, 5.41) is 2.46. The summed E-state index contributed by atoms with van der Waals surface area (Å²) in [6, 6.07) is 0.707. The molecule has 0 bridgehead atoms. The van der Waals surface area contributed by atoms with Crippen molar-refractivity contribution in [3.05, 3.63) is 35.1 Å². The molecule has 1 N–H and O–H groups in total. The van der Waals surface area contributed by atoms with Gasteiger partial charge in [-0.05, 0) is 37.3 Å². The molecule has 1 fully saturated rings. The molecule has 24 heavy (non-hydrogen) atoms. The van der Waals surface area contributed by atoms with E-state index in [0.29, 0.717) is 19.2 Å². The highest BCUT2D eigenvalue weighted by atomic mass is 19.2. The highest BCUT2D eigenvalue weighted by Crippen LogP contribution is 2.17. The monoisotopic (exact) mass is 342 g/mol. The van der Waals surface area contributed by atoms with E-state index < -0.39 is 35.0 Å². The number of benzene rings is 1. The molecule has 4 nitrogen and oxygen atoms in total. The molecule has 1 aliphatic heterocycles. The molecule has 0 unspecified atom stereocenters. The molecule has 0 aliphatic carbocycles. The zero-order valence-electron chi connectivity index (χ0n) is 13.7. The van der Waals surface area contributed by atoms with Gasteiger partial charge in [-0.25, -0.2) is 13.2 Å². The Morgan fingerprint density at radius 3 is 2.25 bits per heavy atom. The number of rotatable bonds is 4. The summed E-state index contributed by atoms with van der Waals surface area (Å²) in [6.45, 7) is 4.76. The van der Waals surface area contributed by atoms with Crippen molar-refractivity contribution < 1.29 is 22.8 Å². The summed E-state index contributed by atoms with van der Waals surface area (Å²) in [7, 11) is 0. The number of halogens is 3. The third kappa shape index (κ3) is 3.88. The van der Waals surface area contributed by atoms with Gasteiger partial charge in [0.1, 0.15) is 6.04 Å². The second-order valence-electron chi connectivity index (χ2n) is 6.30. The molecule has 7 heteroatoms. The molecule has 0 spiro atoms. The van der Waals surface area contributed by atoms with Crippen LogP contribution in [0.15, 0.2) is 12.1 Å². The van der Waals surface area contributed by atoms with E-state index in [1.165, 1.54) is 0 Å². The van der Waals surface area contributed by atoms with Gasteiger partial charge in [0, 0.05) is 13.1 Å². The third-order valence-electron chi connectivity index (χ3n) is 4.17. The van der Waals surface area contributed by atoms with Gasteiger partial charge >= 0.3 is 0 Å². The average Bonchev–Trinajstić information content (AvgIpc) is 2.57. The fourth-order valence-corrected chi connectivity index (χ4v) is 2.74. The number of likely N-dealkylation sites (tertiary alicyclic amines) is 1. The molecular formula is C17H21F3N2O2. The molecule has 1 aromatic rings. The molecule has 1 saturated heterocycles. The molecule has 1 heterocycles. The summed E-state index contributed by atoms with van der Waals surface area (Å²) in [4.78, 5) is 26.5. The van der Waals surface area contributed by atoms with Crippen LogP contribution in [0.1, 0.15) is 43.5 Å². The Labute approximate surface area is 139 Å². The quantitative estimate of drug-likeness (QED) is 0.856. The van der Waals surface area contributed by atoms with Crippen molar-refractivity contribution in [1.82, 2.24) is 10.2 Å². The minimum Gasteiger partial charge on any atom is -0.341 e. The number of amides is 2. The normalized spacial score (nSPS) is 16.2. The van der Waals surface area contributed by atoms with Crippen molar-refractivity contribution in [2.75, 3.05) is 13.1 Å². The third-order valence-corrected chi connectivity index (χ3v) is 4.17. The summed E-state index contributed by atoms with van der Waals surface area (Å²) in [5.74, 6) is -6.02. The second-order valence-corrected chi connectivity index (χ2v) is 6.30. The van der Waals surface area contributed by atoms with Gasteiger partial charge in [0.15, 0.2) is 17.5 Å². The van der Waals surface area contributed by atoms with E-state index in [4.69, 9.17) is 0 Å². The topological polar surface area (TPSA) is 49.4 Å². The minimum atomic E-state index is -1.70. The van der Waals surface area contributed by atoms with Crippen LogP contribution in [0.2, 0.25) is 0 Å². The van der Waals surface area contributed by atoms with Crippen LogP contribution in [0.4, 0.5) is 13.2 Å². The van der Waals surface area contributed by atoms with E-state index in [9.17, 15) is 22.8 Å². The molecule has 1 atom stereocenters. The minimum absolute atomic E-state index is 0.225. The highest BCUT2D eigenvalue weighted by molar-refractivity contribution is 5.97. The van der Waals surface area contributed by atoms with Gasteiger partial charge in [0.25, 0.3) is 5.91 Å². The lowest BCUT2D eigenvalue weighted by Gasteiger charge is -2.32. The van der Waals surface area contributed by atoms with Crippen LogP contribution >= 0.6 is 0 Å². The van der Waals surface area contributed by atoms with Gasteiger partial charge in [-0.3, -0.25) is 9.59 Å². The molecular weight excluding hydrogens is 321 g/mol. The molecule has 0 saturated carbocycles. The maximum Gasteiger partial charge on any atom is 0.255 e. The molecule has 1 aliphatic rings. The summed E-state index contributed by atoms with van der Waals surface area (Å²) in [5.41, 5.74) is -0.619. The molecule has 2 amide bonds. The Balaban J connectivity index is 2.17. The number of carbonyl (C=O) groups is 2. The van der Waals surface area contributed by atoms with Gasteiger partial charge in [-0.2, -0.15) is 0 Å². The predicted molar refractivity (Wildman–Crippen MR) is 82.8 cm³/mol. The van der Waals surface area contributed by atoms with Crippen molar-refractivity contribution in [2.45, 2.75) is 39.2 Å². The van der Waals surface area contributed by atoms with Crippen molar-refractivity contribution in [3.8, 4) is 0 Å². The van der Waals surface area contributed by atoms with Crippen LogP contribution in [0.25, 0.3) is 0 Å². The number of carbonyl (C=O) groups excluding carboxylic acids is 2. The predicted octanol–water partition coefficient (Wildman–Crippen LogP) is 2.87. The molecule has 1 aromatic carbocycles. The zero-order chi connectivity index (χ0) is 17.9. The summed E-state index contributed by atoms with van der Waals surface area (Å²) in [6.07, 6.45) is 2.87. The maximum atomic E-state index is 13.7. The average molecular weight is 342 g/mol. The molecule has 2 rings (SSSR count). The van der Waals surface area contributed by atoms with Gasteiger partial charge in [-0.1, -0.05) is 13.8 Å². The maximum absolute atomic E-state index is 13.7. The van der Waals surface area contributed by atoms with Crippen molar-refractivity contribution in [2.24, 2.45) is 5.92 Å². The number of piperidine rings is 1. The van der Waals surface area contributed by atoms with Crippen LogP contribution < -0.4 is 5.32 Å². The zero-order valence-corrected chi connectivity index (χ0v) is 13.7. The summed E-state index contributed by atoms with van der Waals surface area (Å²) >= 11 is 0. The van der Waals surface area contributed by atoms with E-state index in [1.54, 1.807) is 18.7 Å². The number of hydrogen-bond donors (Lipinski definition) is 1. The van der Waals surface area contributed by atoms with Crippen molar-refractivity contribution >= 4 is 11.8 Å². The first kappa shape index (κ1) is 18.3. The Hall–Kier alpha value is -2.05. The van der Waals surface area contributed by atoms with Crippen LogP contribution in [0.5, 0.6) is 0 Å². The molecule has 0 aromatic heterocycles. The first-order chi connectivity index (χ1) is 11.3. The first-order valence-electron chi connectivity index (χ1n) is 8.06. The summed E-state index contributed by atoms with van der Waals surface area (Å²) < 4.78 is 40.0. The SMILES string of the molecule is CC(C)[C@H](NC(=O)c1ccc(F)c(F)c1F)C(=O)N1CCCCC1. The second kappa shape index (κ2) is 7.68. The van der Waals surface area contributed by atoms with Gasteiger partial charge in [-0.15, -0.1) is 0 Å². The van der Waals surface area contributed by atoms with E-state index in [1.807, 2.05) is 0 Å². The van der Waals surface area contributed by atoms with Crippen LogP contribution in [0.3, 0.4) is 0 Å². The lowest BCUT2D eigenvalue weighted by Crippen LogP contribution is -2.52. The first-order valence-corrected chi connectivity index (χ1v) is 8.06. The van der Waals surface area contributed by atoms with E-state index in [-0.39, 0.29) is 11.8 Å².